The van der Waals surface area contributed by atoms with Gasteiger partial charge in [0.2, 0.25) is 0 Å². The maximum atomic E-state index is 11.7. The van der Waals surface area contributed by atoms with Crippen LogP contribution in [0.25, 0.3) is 0 Å². The summed E-state index contributed by atoms with van der Waals surface area (Å²) in [6.45, 7) is 1.91. The van der Waals surface area contributed by atoms with Crippen LogP contribution in [-0.4, -0.2) is 12.2 Å². The Kier molecular flexibility index (Phi) is 4.67. The summed E-state index contributed by atoms with van der Waals surface area (Å²) >= 11 is 0. The molecule has 2 N–H and O–H groups in total. The molecule has 2 rings (SSSR count). The van der Waals surface area contributed by atoms with Crippen LogP contribution in [0.1, 0.15) is 16.7 Å². The Morgan fingerprint density at radius 1 is 1.19 bits per heavy atom. The number of aryl methyl sites for hydroxylation is 1. The highest BCUT2D eigenvalue weighted by molar-refractivity contribution is 5.91. The van der Waals surface area contributed by atoms with Gasteiger partial charge in [0.05, 0.1) is 17.8 Å². The van der Waals surface area contributed by atoms with Crippen LogP contribution in [0.5, 0.6) is 0 Å². The zero-order chi connectivity index (χ0) is 15.1. The van der Waals surface area contributed by atoms with Gasteiger partial charge in [0.25, 0.3) is 0 Å². The van der Waals surface area contributed by atoms with E-state index in [0.717, 1.165) is 16.8 Å². The highest BCUT2D eigenvalue weighted by atomic mass is 16.2. The molecule has 5 heteroatoms. The number of rotatable bonds is 3. The summed E-state index contributed by atoms with van der Waals surface area (Å²) in [6, 6.07) is 16.0. The molecule has 0 aromatic heterocycles. The lowest BCUT2D eigenvalue weighted by Crippen LogP contribution is -2.24. The second-order valence-corrected chi connectivity index (χ2v) is 4.37. The summed E-state index contributed by atoms with van der Waals surface area (Å²) in [4.78, 5) is 11.7. The molecule has 0 saturated carbocycles. The number of nitrogens with one attached hydrogen (secondary N) is 2. The summed E-state index contributed by atoms with van der Waals surface area (Å²) in [6.07, 6.45) is 1.51. The fraction of sp³-hybridized carbons (Fsp3) is 0.0625. The summed E-state index contributed by atoms with van der Waals surface area (Å²) in [7, 11) is 0. The monoisotopic (exact) mass is 278 g/mol. The first-order chi connectivity index (χ1) is 10.2. The number of anilines is 1. The van der Waals surface area contributed by atoms with E-state index in [2.05, 4.69) is 15.8 Å². The molecule has 0 fully saturated rings. The van der Waals surface area contributed by atoms with Crippen LogP contribution >= 0.6 is 0 Å². The lowest BCUT2D eigenvalue weighted by atomic mass is 10.2. The van der Waals surface area contributed by atoms with Crippen molar-refractivity contribution >= 4 is 17.9 Å². The molecule has 104 valence electrons. The number of para-hydroxylation sites is 1. The normalized spacial score (nSPS) is 10.1. The van der Waals surface area contributed by atoms with E-state index < -0.39 is 6.03 Å². The topological polar surface area (TPSA) is 77.3 Å². The van der Waals surface area contributed by atoms with Gasteiger partial charge >= 0.3 is 6.03 Å². The van der Waals surface area contributed by atoms with Crippen molar-refractivity contribution in [1.29, 1.82) is 5.26 Å². The van der Waals surface area contributed by atoms with E-state index in [9.17, 15) is 4.79 Å². The number of carbonyl (C=O) groups excluding carboxylic acids is 1. The van der Waals surface area contributed by atoms with Crippen molar-refractivity contribution in [2.45, 2.75) is 6.92 Å². The molecule has 0 aliphatic rings. The first-order valence-electron chi connectivity index (χ1n) is 6.35. The maximum Gasteiger partial charge on any atom is 0.339 e. The van der Waals surface area contributed by atoms with Crippen LogP contribution in [0.3, 0.4) is 0 Å². The Labute approximate surface area is 122 Å². The lowest BCUT2D eigenvalue weighted by Gasteiger charge is -2.06. The van der Waals surface area contributed by atoms with Gasteiger partial charge in [-0.2, -0.15) is 10.4 Å². The van der Waals surface area contributed by atoms with Gasteiger partial charge in [0, 0.05) is 5.69 Å². The molecule has 0 atom stereocenters. The first kappa shape index (κ1) is 14.3. The molecule has 2 aromatic carbocycles. The minimum atomic E-state index is -0.408. The van der Waals surface area contributed by atoms with Crippen LogP contribution in [0.2, 0.25) is 0 Å². The molecule has 0 aliphatic carbocycles. The summed E-state index contributed by atoms with van der Waals surface area (Å²) in [5, 5.41) is 15.3. The van der Waals surface area contributed by atoms with Gasteiger partial charge < -0.3 is 5.32 Å². The molecule has 0 unspecified atom stereocenters. The average Bonchev–Trinajstić information content (AvgIpc) is 2.50. The van der Waals surface area contributed by atoms with E-state index in [1.165, 1.54) is 6.21 Å². The zero-order valence-electron chi connectivity index (χ0n) is 11.5. The number of urea groups is 1. The quantitative estimate of drug-likeness (QED) is 0.668. The minimum Gasteiger partial charge on any atom is -0.306 e. The van der Waals surface area contributed by atoms with Gasteiger partial charge in [-0.15, -0.1) is 0 Å². The third kappa shape index (κ3) is 4.18. The third-order valence-corrected chi connectivity index (χ3v) is 2.81. The molecule has 0 spiro atoms. The summed E-state index contributed by atoms with van der Waals surface area (Å²) < 4.78 is 0. The second kappa shape index (κ2) is 6.87. The first-order valence-corrected chi connectivity index (χ1v) is 6.35. The third-order valence-electron chi connectivity index (χ3n) is 2.81. The molecule has 0 saturated heterocycles. The summed E-state index contributed by atoms with van der Waals surface area (Å²) in [5.41, 5.74) is 5.48. The predicted molar refractivity (Wildman–Crippen MR) is 82.1 cm³/mol. The van der Waals surface area contributed by atoms with Gasteiger partial charge in [-0.3, -0.25) is 0 Å². The molecule has 0 bridgehead atoms. The minimum absolute atomic E-state index is 0.408. The van der Waals surface area contributed by atoms with E-state index >= 15 is 0 Å². The van der Waals surface area contributed by atoms with Crippen molar-refractivity contribution in [2.75, 3.05) is 5.32 Å². The Hall–Kier alpha value is -3.13. The number of hydrogen-bond donors (Lipinski definition) is 2. The molecule has 2 amide bonds. The van der Waals surface area contributed by atoms with Crippen LogP contribution < -0.4 is 10.7 Å². The van der Waals surface area contributed by atoms with Crippen molar-refractivity contribution in [3.8, 4) is 6.07 Å². The van der Waals surface area contributed by atoms with E-state index in [1.54, 1.807) is 24.3 Å². The second-order valence-electron chi connectivity index (χ2n) is 4.37. The Bertz CT molecular complexity index is 699. The van der Waals surface area contributed by atoms with Crippen molar-refractivity contribution < 1.29 is 4.79 Å². The van der Waals surface area contributed by atoms with Crippen LogP contribution in [0, 0.1) is 18.3 Å². The Balaban J connectivity index is 1.90. The number of nitrogens with zero attached hydrogens (tertiary/aromatic N) is 2. The van der Waals surface area contributed by atoms with Gasteiger partial charge in [-0.1, -0.05) is 30.3 Å². The van der Waals surface area contributed by atoms with Gasteiger partial charge in [-0.25, -0.2) is 10.2 Å². The highest BCUT2D eigenvalue weighted by Gasteiger charge is 2.01. The van der Waals surface area contributed by atoms with Gasteiger partial charge in [0.15, 0.2) is 0 Å². The van der Waals surface area contributed by atoms with Crippen LogP contribution in [-0.2, 0) is 0 Å². The van der Waals surface area contributed by atoms with Crippen LogP contribution in [0.4, 0.5) is 10.5 Å². The lowest BCUT2D eigenvalue weighted by molar-refractivity contribution is 0.252. The van der Waals surface area contributed by atoms with Crippen molar-refractivity contribution in [3.63, 3.8) is 0 Å². The largest absolute Gasteiger partial charge is 0.339 e. The van der Waals surface area contributed by atoms with E-state index in [-0.39, 0.29) is 0 Å². The molecule has 5 nitrogen and oxygen atoms in total. The Morgan fingerprint density at radius 2 is 1.90 bits per heavy atom. The van der Waals surface area contributed by atoms with Crippen molar-refractivity contribution in [3.05, 3.63) is 65.2 Å². The standard InChI is InChI=1S/C16H14N4O/c1-12-4-2-3-5-15(12)19-16(21)20-18-11-14-8-6-13(10-17)7-9-14/h2-9,11H,1H3,(H2,19,20,21). The number of hydrogen-bond acceptors (Lipinski definition) is 3. The predicted octanol–water partition coefficient (Wildman–Crippen LogP) is 3.02. The molecule has 0 radical (unpaired) electrons. The fourth-order valence-electron chi connectivity index (χ4n) is 1.67. The average molecular weight is 278 g/mol. The number of benzene rings is 2. The number of carbonyl (C=O) groups is 1. The molecule has 21 heavy (non-hydrogen) atoms. The number of nitriles is 1. The van der Waals surface area contributed by atoms with E-state index in [4.69, 9.17) is 5.26 Å². The molecule has 0 aliphatic heterocycles. The van der Waals surface area contributed by atoms with Crippen molar-refractivity contribution in [2.24, 2.45) is 5.10 Å². The molecular weight excluding hydrogens is 264 g/mol. The Morgan fingerprint density at radius 3 is 2.57 bits per heavy atom. The van der Waals surface area contributed by atoms with Gasteiger partial charge in [0.1, 0.15) is 0 Å². The van der Waals surface area contributed by atoms with Crippen molar-refractivity contribution in [1.82, 2.24) is 5.43 Å². The SMILES string of the molecule is Cc1ccccc1NC(=O)NN=Cc1ccc(C#N)cc1. The van der Waals surface area contributed by atoms with Gasteiger partial charge in [-0.05, 0) is 36.2 Å². The summed E-state index contributed by atoms with van der Waals surface area (Å²) in [5.74, 6) is 0. The number of hydrazone groups is 1. The zero-order valence-corrected chi connectivity index (χ0v) is 11.5. The smallest absolute Gasteiger partial charge is 0.306 e. The van der Waals surface area contributed by atoms with E-state index in [0.29, 0.717) is 5.56 Å². The van der Waals surface area contributed by atoms with Crippen LogP contribution in [0.15, 0.2) is 53.6 Å². The fourth-order valence-corrected chi connectivity index (χ4v) is 1.67. The number of amides is 2. The molecule has 2 aromatic rings. The highest BCUT2D eigenvalue weighted by Crippen LogP contribution is 2.12. The maximum absolute atomic E-state index is 11.7. The molecular formula is C16H14N4O. The van der Waals surface area contributed by atoms with E-state index in [1.807, 2.05) is 37.3 Å². The molecule has 0 heterocycles.